The molecule has 27 heavy (non-hydrogen) atoms. The predicted octanol–water partition coefficient (Wildman–Crippen LogP) is 1.35. The maximum atomic E-state index is 12.4. The van der Waals surface area contributed by atoms with Crippen LogP contribution in [0.3, 0.4) is 0 Å². The number of nitro benzene ring substituents is 1. The second-order valence-electron chi connectivity index (χ2n) is 6.51. The Kier molecular flexibility index (Phi) is 5.15. The largest absolute Gasteiger partial charge is 0.335 e. The highest BCUT2D eigenvalue weighted by Crippen LogP contribution is 2.30. The second kappa shape index (κ2) is 7.52. The SMILES string of the molecule is O=C(CN1C(=O)c2cccc([N+](=O)[O-])c2C1=O)NC(=O)NC1CCCCC1. The number of rotatable bonds is 4. The van der Waals surface area contributed by atoms with E-state index in [-0.39, 0.29) is 17.2 Å². The van der Waals surface area contributed by atoms with Gasteiger partial charge in [-0.1, -0.05) is 25.3 Å². The van der Waals surface area contributed by atoms with Gasteiger partial charge in [0, 0.05) is 12.1 Å². The first-order valence-corrected chi connectivity index (χ1v) is 8.62. The van der Waals surface area contributed by atoms with Gasteiger partial charge >= 0.3 is 6.03 Å². The lowest BCUT2D eigenvalue weighted by Crippen LogP contribution is -2.48. The first-order valence-electron chi connectivity index (χ1n) is 8.62. The van der Waals surface area contributed by atoms with Crippen molar-refractivity contribution in [1.82, 2.24) is 15.5 Å². The fourth-order valence-corrected chi connectivity index (χ4v) is 3.39. The van der Waals surface area contributed by atoms with Crippen LogP contribution in [-0.4, -0.2) is 46.2 Å². The van der Waals surface area contributed by atoms with Gasteiger partial charge in [0.05, 0.1) is 10.5 Å². The number of hydrogen-bond acceptors (Lipinski definition) is 6. The van der Waals surface area contributed by atoms with Gasteiger partial charge in [0.2, 0.25) is 5.91 Å². The van der Waals surface area contributed by atoms with Crippen LogP contribution in [0.4, 0.5) is 10.5 Å². The number of fused-ring (bicyclic) bond motifs is 1. The van der Waals surface area contributed by atoms with Crippen molar-refractivity contribution in [3.8, 4) is 0 Å². The van der Waals surface area contributed by atoms with Crippen LogP contribution in [0.5, 0.6) is 0 Å². The van der Waals surface area contributed by atoms with Gasteiger partial charge in [-0.15, -0.1) is 0 Å². The first-order chi connectivity index (χ1) is 12.9. The van der Waals surface area contributed by atoms with Gasteiger partial charge in [0.15, 0.2) is 0 Å². The molecule has 1 aromatic rings. The Hall–Kier alpha value is -3.30. The summed E-state index contributed by atoms with van der Waals surface area (Å²) in [5.41, 5.74) is -0.968. The van der Waals surface area contributed by atoms with Gasteiger partial charge in [0.25, 0.3) is 17.5 Å². The van der Waals surface area contributed by atoms with E-state index in [9.17, 15) is 29.3 Å². The van der Waals surface area contributed by atoms with Gasteiger partial charge in [-0.3, -0.25) is 34.7 Å². The van der Waals surface area contributed by atoms with Crippen LogP contribution in [0.2, 0.25) is 0 Å². The highest BCUT2D eigenvalue weighted by molar-refractivity contribution is 6.24. The first kappa shape index (κ1) is 18.5. The summed E-state index contributed by atoms with van der Waals surface area (Å²) >= 11 is 0. The monoisotopic (exact) mass is 374 g/mol. The number of carbonyl (C=O) groups excluding carboxylic acids is 4. The number of imide groups is 2. The second-order valence-corrected chi connectivity index (χ2v) is 6.51. The maximum absolute atomic E-state index is 12.4. The summed E-state index contributed by atoms with van der Waals surface area (Å²) in [6.45, 7) is -0.693. The molecule has 0 atom stereocenters. The molecule has 0 aromatic heterocycles. The van der Waals surface area contributed by atoms with Crippen molar-refractivity contribution < 1.29 is 24.1 Å². The van der Waals surface area contributed by atoms with E-state index in [4.69, 9.17) is 0 Å². The van der Waals surface area contributed by atoms with Crippen molar-refractivity contribution in [2.75, 3.05) is 6.54 Å². The number of nitrogens with zero attached hydrogens (tertiary/aromatic N) is 2. The Balaban J connectivity index is 1.64. The van der Waals surface area contributed by atoms with Gasteiger partial charge in [-0.25, -0.2) is 4.79 Å². The number of amides is 5. The van der Waals surface area contributed by atoms with E-state index in [2.05, 4.69) is 10.6 Å². The highest BCUT2D eigenvalue weighted by atomic mass is 16.6. The van der Waals surface area contributed by atoms with Crippen LogP contribution in [0.1, 0.15) is 52.8 Å². The average molecular weight is 374 g/mol. The summed E-state index contributed by atoms with van der Waals surface area (Å²) in [6, 6.07) is 3.01. The van der Waals surface area contributed by atoms with Gasteiger partial charge in [-0.05, 0) is 18.9 Å². The lowest BCUT2D eigenvalue weighted by molar-refractivity contribution is -0.385. The zero-order valence-electron chi connectivity index (χ0n) is 14.4. The minimum absolute atomic E-state index is 0.00601. The zero-order valence-corrected chi connectivity index (χ0v) is 14.4. The standard InChI is InChI=1S/C17H18N4O6/c22-13(19-17(25)18-10-5-2-1-3-6-10)9-20-15(23)11-7-4-8-12(21(26)27)14(11)16(20)24/h4,7-8,10H,1-3,5-6,9H2,(H2,18,19,22,25). The molecule has 1 aromatic carbocycles. The molecule has 10 heteroatoms. The van der Waals surface area contributed by atoms with Gasteiger partial charge in [-0.2, -0.15) is 0 Å². The maximum Gasteiger partial charge on any atom is 0.321 e. The molecular weight excluding hydrogens is 356 g/mol. The molecule has 142 valence electrons. The fourth-order valence-electron chi connectivity index (χ4n) is 3.39. The smallest absolute Gasteiger partial charge is 0.321 e. The molecule has 1 heterocycles. The zero-order chi connectivity index (χ0) is 19.6. The van der Waals surface area contributed by atoms with Crippen LogP contribution >= 0.6 is 0 Å². The predicted molar refractivity (Wildman–Crippen MR) is 92.0 cm³/mol. The molecule has 0 bridgehead atoms. The van der Waals surface area contributed by atoms with Crippen molar-refractivity contribution in [2.45, 2.75) is 38.1 Å². The Labute approximate surface area is 154 Å². The molecule has 1 aliphatic heterocycles. The van der Waals surface area contributed by atoms with Crippen LogP contribution in [0.15, 0.2) is 18.2 Å². The highest BCUT2D eigenvalue weighted by Gasteiger charge is 2.41. The summed E-state index contributed by atoms with van der Waals surface area (Å²) in [5, 5.41) is 15.8. The summed E-state index contributed by atoms with van der Waals surface area (Å²) in [5.74, 6) is -2.58. The molecule has 0 spiro atoms. The molecule has 1 aliphatic carbocycles. The summed E-state index contributed by atoms with van der Waals surface area (Å²) in [6.07, 6.45) is 4.80. The fraction of sp³-hybridized carbons (Fsp3) is 0.412. The normalized spacial score (nSPS) is 16.8. The molecule has 10 nitrogen and oxygen atoms in total. The molecule has 0 saturated heterocycles. The number of hydrogen-bond donors (Lipinski definition) is 2. The van der Waals surface area contributed by atoms with Gasteiger partial charge in [0.1, 0.15) is 12.1 Å². The molecule has 5 amide bonds. The van der Waals surface area contributed by atoms with E-state index in [1.165, 1.54) is 12.1 Å². The lowest BCUT2D eigenvalue weighted by Gasteiger charge is -2.22. The Bertz CT molecular complexity index is 831. The van der Waals surface area contributed by atoms with E-state index in [0.717, 1.165) is 38.2 Å². The third-order valence-electron chi connectivity index (χ3n) is 4.67. The molecule has 1 fully saturated rings. The van der Waals surface area contributed by atoms with Crippen molar-refractivity contribution in [3.63, 3.8) is 0 Å². The lowest BCUT2D eigenvalue weighted by atomic mass is 9.96. The molecular formula is C17H18N4O6. The van der Waals surface area contributed by atoms with Crippen LogP contribution in [-0.2, 0) is 4.79 Å². The number of benzene rings is 1. The van der Waals surface area contributed by atoms with E-state index in [0.29, 0.717) is 4.90 Å². The number of nitro groups is 1. The molecule has 3 rings (SSSR count). The molecule has 1 saturated carbocycles. The Morgan fingerprint density at radius 3 is 2.52 bits per heavy atom. The third kappa shape index (κ3) is 3.78. The molecule has 2 aliphatic rings. The topological polar surface area (TPSA) is 139 Å². The molecule has 2 N–H and O–H groups in total. The molecule has 0 radical (unpaired) electrons. The summed E-state index contributed by atoms with van der Waals surface area (Å²) < 4.78 is 0. The van der Waals surface area contributed by atoms with Crippen LogP contribution < -0.4 is 10.6 Å². The summed E-state index contributed by atoms with van der Waals surface area (Å²) in [7, 11) is 0. The minimum atomic E-state index is -0.926. The van der Waals surface area contributed by atoms with E-state index in [1.807, 2.05) is 0 Å². The quantitative estimate of drug-likeness (QED) is 0.463. The Morgan fingerprint density at radius 1 is 1.15 bits per heavy atom. The van der Waals surface area contributed by atoms with Crippen molar-refractivity contribution in [2.24, 2.45) is 0 Å². The van der Waals surface area contributed by atoms with E-state index in [1.54, 1.807) is 0 Å². The summed E-state index contributed by atoms with van der Waals surface area (Å²) in [4.78, 5) is 59.6. The number of carbonyl (C=O) groups is 4. The molecule has 0 unspecified atom stereocenters. The van der Waals surface area contributed by atoms with E-state index < -0.39 is 40.9 Å². The number of urea groups is 1. The third-order valence-corrected chi connectivity index (χ3v) is 4.67. The van der Waals surface area contributed by atoms with Crippen LogP contribution in [0, 0.1) is 10.1 Å². The van der Waals surface area contributed by atoms with Crippen LogP contribution in [0.25, 0.3) is 0 Å². The Morgan fingerprint density at radius 2 is 1.85 bits per heavy atom. The van der Waals surface area contributed by atoms with Crippen molar-refractivity contribution in [1.29, 1.82) is 0 Å². The van der Waals surface area contributed by atoms with Gasteiger partial charge < -0.3 is 5.32 Å². The van der Waals surface area contributed by atoms with Crippen molar-refractivity contribution in [3.05, 3.63) is 39.4 Å². The van der Waals surface area contributed by atoms with Crippen molar-refractivity contribution >= 4 is 29.4 Å². The number of nitrogens with one attached hydrogen (secondary N) is 2. The minimum Gasteiger partial charge on any atom is -0.335 e. The average Bonchev–Trinajstić information content (AvgIpc) is 2.87. The van der Waals surface area contributed by atoms with E-state index >= 15 is 0 Å².